The number of hydrogen-bond acceptors (Lipinski definition) is 5. The van der Waals surface area contributed by atoms with E-state index < -0.39 is 18.2 Å². The predicted molar refractivity (Wildman–Crippen MR) is 91.2 cm³/mol. The summed E-state index contributed by atoms with van der Waals surface area (Å²) in [7, 11) is 3.03. The van der Waals surface area contributed by atoms with E-state index in [1.807, 2.05) is 4.90 Å². The van der Waals surface area contributed by atoms with Crippen LogP contribution in [0.5, 0.6) is 0 Å². The molecule has 24 heavy (non-hydrogen) atoms. The SMILES string of the molecule is C=CCN(CC=C)CC(O)C[N+]1=CN=C2C1C(=O)N(C)C(=O)N2C. The van der Waals surface area contributed by atoms with Gasteiger partial charge >= 0.3 is 6.03 Å². The first-order valence-corrected chi connectivity index (χ1v) is 7.75. The lowest BCUT2D eigenvalue weighted by Gasteiger charge is -2.31. The Hall–Kier alpha value is -2.32. The van der Waals surface area contributed by atoms with E-state index in [0.29, 0.717) is 25.5 Å². The number of amides is 3. The van der Waals surface area contributed by atoms with Gasteiger partial charge in [0.05, 0.1) is 0 Å². The summed E-state index contributed by atoms with van der Waals surface area (Å²) in [5.41, 5.74) is 0. The monoisotopic (exact) mass is 334 g/mol. The molecule has 2 atom stereocenters. The van der Waals surface area contributed by atoms with E-state index >= 15 is 0 Å². The number of carbonyl (C=O) groups is 2. The van der Waals surface area contributed by atoms with Crippen LogP contribution < -0.4 is 0 Å². The van der Waals surface area contributed by atoms with Gasteiger partial charge in [0.25, 0.3) is 24.1 Å². The summed E-state index contributed by atoms with van der Waals surface area (Å²) in [5, 5.41) is 10.4. The van der Waals surface area contributed by atoms with Crippen molar-refractivity contribution in [3.8, 4) is 0 Å². The van der Waals surface area contributed by atoms with Crippen LogP contribution in [-0.4, -0.2) is 101 Å². The summed E-state index contributed by atoms with van der Waals surface area (Å²) >= 11 is 0. The molecule has 0 aliphatic carbocycles. The number of urea groups is 1. The summed E-state index contributed by atoms with van der Waals surface area (Å²) in [5.74, 6) is 0.0520. The first kappa shape index (κ1) is 18.0. The van der Waals surface area contributed by atoms with E-state index in [0.717, 1.165) is 4.90 Å². The molecule has 2 rings (SSSR count). The Morgan fingerprint density at radius 1 is 1.33 bits per heavy atom. The Balaban J connectivity index is 2.04. The van der Waals surface area contributed by atoms with Gasteiger partial charge in [0.1, 0.15) is 12.6 Å². The Morgan fingerprint density at radius 2 is 1.96 bits per heavy atom. The quantitative estimate of drug-likeness (QED) is 0.473. The molecule has 2 aliphatic rings. The highest BCUT2D eigenvalue weighted by molar-refractivity contribution is 6.21. The van der Waals surface area contributed by atoms with Crippen molar-refractivity contribution in [2.45, 2.75) is 12.1 Å². The lowest BCUT2D eigenvalue weighted by Crippen LogP contribution is -2.62. The van der Waals surface area contributed by atoms with Crippen molar-refractivity contribution in [1.29, 1.82) is 0 Å². The normalized spacial score (nSPS) is 21.6. The molecule has 2 heterocycles. The number of rotatable bonds is 8. The van der Waals surface area contributed by atoms with Crippen LogP contribution in [0.15, 0.2) is 30.3 Å². The maximum Gasteiger partial charge on any atom is 0.333 e. The number of likely N-dealkylation sites (N-methyl/N-ethyl adjacent to an activating group) is 2. The average molecular weight is 334 g/mol. The Morgan fingerprint density at radius 3 is 2.54 bits per heavy atom. The predicted octanol–water partition coefficient (Wildman–Crippen LogP) is -0.633. The number of nitrogens with zero attached hydrogens (tertiary/aromatic N) is 5. The van der Waals surface area contributed by atoms with Crippen molar-refractivity contribution >= 4 is 24.1 Å². The highest BCUT2D eigenvalue weighted by Crippen LogP contribution is 2.16. The molecular weight excluding hydrogens is 310 g/mol. The molecule has 3 amide bonds. The van der Waals surface area contributed by atoms with Crippen LogP contribution in [0.3, 0.4) is 0 Å². The molecular formula is C16H24N5O3+. The van der Waals surface area contributed by atoms with Crippen LogP contribution in [0.25, 0.3) is 0 Å². The zero-order chi connectivity index (χ0) is 17.9. The number of hydrogen-bond donors (Lipinski definition) is 1. The molecule has 1 saturated heterocycles. The van der Waals surface area contributed by atoms with Gasteiger partial charge in [-0.2, -0.15) is 0 Å². The van der Waals surface area contributed by atoms with E-state index in [1.54, 1.807) is 23.8 Å². The molecule has 8 heteroatoms. The Kier molecular flexibility index (Phi) is 5.63. The molecule has 0 aromatic carbocycles. The van der Waals surface area contributed by atoms with Crippen molar-refractivity contribution in [2.24, 2.45) is 4.99 Å². The molecule has 0 radical (unpaired) electrons. The zero-order valence-electron chi connectivity index (χ0n) is 14.1. The largest absolute Gasteiger partial charge is 0.388 e. The number of β-amino-alcohol motifs (C(OH)–C–C–N with tert-alkyl or cyclic N) is 1. The number of carbonyl (C=O) groups excluding carboxylic acids is 2. The maximum absolute atomic E-state index is 12.4. The van der Waals surface area contributed by atoms with Crippen LogP contribution in [0.4, 0.5) is 4.79 Å². The van der Waals surface area contributed by atoms with E-state index in [2.05, 4.69) is 18.2 Å². The van der Waals surface area contributed by atoms with E-state index in [9.17, 15) is 14.7 Å². The van der Waals surface area contributed by atoms with Crippen LogP contribution in [0, 0.1) is 0 Å². The molecule has 0 aromatic rings. The van der Waals surface area contributed by atoms with Crippen molar-refractivity contribution < 1.29 is 19.3 Å². The topological polar surface area (TPSA) is 79.5 Å². The minimum Gasteiger partial charge on any atom is -0.388 e. The van der Waals surface area contributed by atoms with E-state index in [4.69, 9.17) is 0 Å². The third kappa shape index (κ3) is 3.44. The highest BCUT2D eigenvalue weighted by atomic mass is 16.3. The second-order valence-corrected chi connectivity index (χ2v) is 5.89. The number of aliphatic hydroxyl groups excluding tert-OH is 1. The minimum absolute atomic E-state index is 0.240. The van der Waals surface area contributed by atoms with Gasteiger partial charge in [0.15, 0.2) is 0 Å². The zero-order valence-corrected chi connectivity index (χ0v) is 14.1. The van der Waals surface area contributed by atoms with Gasteiger partial charge in [-0.3, -0.25) is 19.5 Å². The van der Waals surface area contributed by atoms with Gasteiger partial charge in [0, 0.05) is 33.7 Å². The van der Waals surface area contributed by atoms with Gasteiger partial charge in [0.2, 0.25) is 0 Å². The standard InChI is InChI=1S/C16H24N5O3/c1-5-7-20(8-6-2)9-12(22)10-21-11-17-14-13(21)15(23)19(4)16(24)18(14)3/h5-6,11-13,22H,1-2,7-10H2,3-4H3/q+1. The summed E-state index contributed by atoms with van der Waals surface area (Å²) in [6.45, 7) is 9.33. The van der Waals surface area contributed by atoms with Crippen molar-refractivity contribution in [2.75, 3.05) is 40.3 Å². The Bertz CT molecular complexity index is 603. The third-order valence-corrected chi connectivity index (χ3v) is 4.06. The average Bonchev–Trinajstić information content (AvgIpc) is 2.95. The smallest absolute Gasteiger partial charge is 0.333 e. The van der Waals surface area contributed by atoms with Gasteiger partial charge in [-0.1, -0.05) is 12.2 Å². The van der Waals surface area contributed by atoms with Crippen LogP contribution in [0.1, 0.15) is 0 Å². The summed E-state index contributed by atoms with van der Waals surface area (Å²) < 4.78 is 1.67. The first-order valence-electron chi connectivity index (χ1n) is 7.75. The number of amidine groups is 1. The lowest BCUT2D eigenvalue weighted by molar-refractivity contribution is -0.539. The molecule has 0 bridgehead atoms. The summed E-state index contributed by atoms with van der Waals surface area (Å²) in [6, 6.07) is -1.08. The Labute approximate surface area is 141 Å². The van der Waals surface area contributed by atoms with Gasteiger partial charge < -0.3 is 5.11 Å². The van der Waals surface area contributed by atoms with Gasteiger partial charge in [-0.25, -0.2) is 9.37 Å². The fourth-order valence-electron chi connectivity index (χ4n) is 2.88. The van der Waals surface area contributed by atoms with Crippen LogP contribution >= 0.6 is 0 Å². The third-order valence-electron chi connectivity index (χ3n) is 4.06. The molecule has 130 valence electrons. The molecule has 8 nitrogen and oxygen atoms in total. The molecule has 2 unspecified atom stereocenters. The molecule has 0 spiro atoms. The lowest BCUT2D eigenvalue weighted by atomic mass is 10.1. The van der Waals surface area contributed by atoms with Crippen LogP contribution in [-0.2, 0) is 4.79 Å². The molecule has 0 saturated carbocycles. The van der Waals surface area contributed by atoms with Gasteiger partial charge in [-0.05, 0) is 4.99 Å². The molecule has 2 aliphatic heterocycles. The van der Waals surface area contributed by atoms with Crippen molar-refractivity contribution in [3.63, 3.8) is 0 Å². The second kappa shape index (κ2) is 7.50. The number of aliphatic imine (C=N–C) groups is 1. The van der Waals surface area contributed by atoms with Crippen LogP contribution in [0.2, 0.25) is 0 Å². The first-order chi connectivity index (χ1) is 11.4. The number of fused-ring (bicyclic) bond motifs is 1. The van der Waals surface area contributed by atoms with Crippen molar-refractivity contribution in [1.82, 2.24) is 14.7 Å². The number of imide groups is 1. The van der Waals surface area contributed by atoms with Crippen molar-refractivity contribution in [3.05, 3.63) is 25.3 Å². The molecule has 1 N–H and O–H groups in total. The minimum atomic E-state index is -0.684. The maximum atomic E-state index is 12.4. The summed E-state index contributed by atoms with van der Waals surface area (Å²) in [4.78, 5) is 32.9. The highest BCUT2D eigenvalue weighted by Gasteiger charge is 2.50. The fourth-order valence-corrected chi connectivity index (χ4v) is 2.88. The molecule has 0 aromatic heterocycles. The van der Waals surface area contributed by atoms with E-state index in [1.165, 1.54) is 18.3 Å². The van der Waals surface area contributed by atoms with E-state index in [-0.39, 0.29) is 12.5 Å². The number of aliphatic hydroxyl groups is 1. The van der Waals surface area contributed by atoms with Gasteiger partial charge in [-0.15, -0.1) is 13.2 Å². The molecule has 1 fully saturated rings. The fraction of sp³-hybridized carbons (Fsp3) is 0.500. The summed E-state index contributed by atoms with van der Waals surface area (Å²) in [6.07, 6.45) is 4.35. The second-order valence-electron chi connectivity index (χ2n) is 5.89.